The molecule has 2 aromatic rings. The maximum atomic E-state index is 13.5. The Hall–Kier alpha value is -1.76. The Balaban J connectivity index is 2.28. The number of aryl methyl sites for hydroxylation is 1. The third-order valence-corrected chi connectivity index (χ3v) is 3.28. The first-order valence-electron chi connectivity index (χ1n) is 6.24. The van der Waals surface area contributed by atoms with Crippen LogP contribution in [0.15, 0.2) is 28.9 Å². The van der Waals surface area contributed by atoms with Gasteiger partial charge in [-0.25, -0.2) is 13.2 Å². The van der Waals surface area contributed by atoms with E-state index < -0.39 is 29.0 Å². The van der Waals surface area contributed by atoms with Crippen LogP contribution in [0.4, 0.5) is 18.9 Å². The van der Waals surface area contributed by atoms with Crippen LogP contribution in [0.2, 0.25) is 0 Å². The lowest BCUT2D eigenvalue weighted by molar-refractivity contribution is 0.101. The van der Waals surface area contributed by atoms with Crippen molar-refractivity contribution in [3.05, 3.63) is 52.0 Å². The molecule has 0 radical (unpaired) electrons. The van der Waals surface area contributed by atoms with Crippen molar-refractivity contribution in [2.75, 3.05) is 5.32 Å². The lowest BCUT2D eigenvalue weighted by Crippen LogP contribution is -2.18. The fourth-order valence-electron chi connectivity index (χ4n) is 1.90. The van der Waals surface area contributed by atoms with Crippen molar-refractivity contribution in [3.8, 4) is 0 Å². The van der Waals surface area contributed by atoms with Crippen LogP contribution in [0.3, 0.4) is 0 Å². The zero-order valence-corrected chi connectivity index (χ0v) is 12.7. The van der Waals surface area contributed by atoms with Gasteiger partial charge >= 0.3 is 0 Å². The van der Waals surface area contributed by atoms with E-state index in [1.54, 1.807) is 16.8 Å². The molecular formula is C14H12BrF3N2O. The van der Waals surface area contributed by atoms with Gasteiger partial charge in [-0.2, -0.15) is 0 Å². The molecule has 21 heavy (non-hydrogen) atoms. The van der Waals surface area contributed by atoms with Gasteiger partial charge < -0.3 is 9.88 Å². The Kier molecular flexibility index (Phi) is 4.72. The van der Waals surface area contributed by atoms with Crippen molar-refractivity contribution in [1.29, 1.82) is 0 Å². The number of amides is 1. The highest BCUT2D eigenvalue weighted by Gasteiger charge is 2.18. The van der Waals surface area contributed by atoms with E-state index >= 15 is 0 Å². The summed E-state index contributed by atoms with van der Waals surface area (Å²) in [7, 11) is 0. The number of rotatable bonds is 4. The van der Waals surface area contributed by atoms with Gasteiger partial charge in [0.15, 0.2) is 17.5 Å². The number of anilines is 1. The fraction of sp³-hybridized carbons (Fsp3) is 0.214. The highest BCUT2D eigenvalue weighted by molar-refractivity contribution is 9.10. The molecule has 2 rings (SSSR count). The van der Waals surface area contributed by atoms with Gasteiger partial charge in [-0.3, -0.25) is 4.79 Å². The summed E-state index contributed by atoms with van der Waals surface area (Å²) in [5.41, 5.74) is -0.105. The van der Waals surface area contributed by atoms with Crippen molar-refractivity contribution in [1.82, 2.24) is 4.57 Å². The van der Waals surface area contributed by atoms with Crippen LogP contribution in [0, 0.1) is 17.5 Å². The van der Waals surface area contributed by atoms with E-state index in [1.165, 1.54) is 0 Å². The predicted octanol–water partition coefficient (Wildman–Crippen LogP) is 4.33. The summed E-state index contributed by atoms with van der Waals surface area (Å²) in [6.45, 7) is 2.55. The summed E-state index contributed by atoms with van der Waals surface area (Å²) in [5.74, 6) is -4.93. The predicted molar refractivity (Wildman–Crippen MR) is 76.7 cm³/mol. The summed E-state index contributed by atoms with van der Waals surface area (Å²) in [5, 5.41) is 2.24. The number of carbonyl (C=O) groups is 1. The highest BCUT2D eigenvalue weighted by atomic mass is 79.9. The summed E-state index contributed by atoms with van der Waals surface area (Å²) < 4.78 is 41.9. The Bertz CT molecular complexity index is 685. The molecule has 0 saturated carbocycles. The minimum absolute atomic E-state index is 0.299. The second-order valence-corrected chi connectivity index (χ2v) is 5.33. The van der Waals surface area contributed by atoms with Gasteiger partial charge in [-0.15, -0.1) is 0 Å². The molecule has 0 fully saturated rings. The van der Waals surface area contributed by atoms with Gasteiger partial charge in [0, 0.05) is 17.2 Å². The smallest absolute Gasteiger partial charge is 0.272 e. The normalized spacial score (nSPS) is 10.7. The number of hydrogen-bond donors (Lipinski definition) is 1. The first-order chi connectivity index (χ1) is 9.93. The minimum atomic E-state index is -1.61. The molecule has 1 amide bonds. The number of carbonyl (C=O) groups excluding carboxylic acids is 1. The average molecular weight is 361 g/mol. The molecule has 0 unspecified atom stereocenters. The van der Waals surface area contributed by atoms with Crippen LogP contribution >= 0.6 is 15.9 Å². The molecule has 112 valence electrons. The lowest BCUT2D eigenvalue weighted by Gasteiger charge is -2.09. The van der Waals surface area contributed by atoms with E-state index in [9.17, 15) is 18.0 Å². The Labute approximate surface area is 127 Å². The standard InChI is InChI=1S/C14H12BrF3N2O/c1-2-5-20-7-8(15)6-11(20)14(21)19-10-4-3-9(16)12(17)13(10)18/h3-4,6-7H,2,5H2,1H3,(H,19,21). The molecule has 1 aromatic carbocycles. The van der Waals surface area contributed by atoms with Crippen molar-refractivity contribution < 1.29 is 18.0 Å². The van der Waals surface area contributed by atoms with Crippen LogP contribution in [-0.4, -0.2) is 10.5 Å². The molecule has 0 aliphatic heterocycles. The van der Waals surface area contributed by atoms with E-state index in [2.05, 4.69) is 21.2 Å². The van der Waals surface area contributed by atoms with Crippen molar-refractivity contribution in [2.45, 2.75) is 19.9 Å². The average Bonchev–Trinajstić information content (AvgIpc) is 2.81. The number of benzene rings is 1. The third-order valence-electron chi connectivity index (χ3n) is 2.84. The summed E-state index contributed by atoms with van der Waals surface area (Å²) in [6, 6.07) is 3.31. The SMILES string of the molecule is CCCn1cc(Br)cc1C(=O)Nc1ccc(F)c(F)c1F. The van der Waals surface area contributed by atoms with E-state index in [0.717, 1.165) is 18.6 Å². The Morgan fingerprint density at radius 3 is 2.67 bits per heavy atom. The maximum Gasteiger partial charge on any atom is 0.272 e. The molecule has 1 N–H and O–H groups in total. The zero-order valence-electron chi connectivity index (χ0n) is 11.1. The molecule has 0 saturated heterocycles. The van der Waals surface area contributed by atoms with Crippen LogP contribution in [0.5, 0.6) is 0 Å². The first kappa shape index (κ1) is 15.6. The number of aromatic nitrogens is 1. The Morgan fingerprint density at radius 1 is 1.29 bits per heavy atom. The molecular weight excluding hydrogens is 349 g/mol. The number of hydrogen-bond acceptors (Lipinski definition) is 1. The van der Waals surface area contributed by atoms with Gasteiger partial charge in [0.2, 0.25) is 0 Å². The number of nitrogens with zero attached hydrogens (tertiary/aromatic N) is 1. The second kappa shape index (κ2) is 6.34. The van der Waals surface area contributed by atoms with Crippen LogP contribution in [0.25, 0.3) is 0 Å². The quantitative estimate of drug-likeness (QED) is 0.809. The van der Waals surface area contributed by atoms with Gasteiger partial charge in [-0.1, -0.05) is 6.92 Å². The lowest BCUT2D eigenvalue weighted by atomic mass is 10.2. The second-order valence-electron chi connectivity index (χ2n) is 4.41. The topological polar surface area (TPSA) is 34.0 Å². The largest absolute Gasteiger partial charge is 0.342 e. The molecule has 0 bridgehead atoms. The number of halogens is 4. The van der Waals surface area contributed by atoms with E-state index in [4.69, 9.17) is 0 Å². The molecule has 3 nitrogen and oxygen atoms in total. The van der Waals surface area contributed by atoms with Gasteiger partial charge in [0.1, 0.15) is 5.69 Å². The highest BCUT2D eigenvalue weighted by Crippen LogP contribution is 2.22. The van der Waals surface area contributed by atoms with Crippen molar-refractivity contribution >= 4 is 27.5 Å². The molecule has 0 aliphatic carbocycles. The van der Waals surface area contributed by atoms with E-state index in [-0.39, 0.29) is 0 Å². The first-order valence-corrected chi connectivity index (χ1v) is 7.03. The third kappa shape index (κ3) is 3.29. The zero-order chi connectivity index (χ0) is 15.6. The van der Waals surface area contributed by atoms with Gasteiger partial charge in [0.25, 0.3) is 5.91 Å². The summed E-state index contributed by atoms with van der Waals surface area (Å²) in [6.07, 6.45) is 2.53. The van der Waals surface area contributed by atoms with Crippen molar-refractivity contribution in [3.63, 3.8) is 0 Å². The van der Waals surface area contributed by atoms with Crippen molar-refractivity contribution in [2.24, 2.45) is 0 Å². The molecule has 0 spiro atoms. The summed E-state index contributed by atoms with van der Waals surface area (Å²) >= 11 is 3.26. The monoisotopic (exact) mass is 360 g/mol. The van der Waals surface area contributed by atoms with Crippen LogP contribution < -0.4 is 5.32 Å². The molecule has 7 heteroatoms. The fourth-order valence-corrected chi connectivity index (χ4v) is 2.36. The molecule has 0 atom stereocenters. The van der Waals surface area contributed by atoms with Crippen LogP contribution in [-0.2, 0) is 6.54 Å². The molecule has 1 aromatic heterocycles. The van der Waals surface area contributed by atoms with E-state index in [1.807, 2.05) is 6.92 Å². The molecule has 0 aliphatic rings. The minimum Gasteiger partial charge on any atom is -0.342 e. The maximum absolute atomic E-state index is 13.5. The summed E-state index contributed by atoms with van der Waals surface area (Å²) in [4.78, 5) is 12.1. The Morgan fingerprint density at radius 2 is 2.00 bits per heavy atom. The van der Waals surface area contributed by atoms with Gasteiger partial charge in [-0.05, 0) is 40.5 Å². The molecule has 1 heterocycles. The number of nitrogens with one attached hydrogen (secondary N) is 1. The van der Waals surface area contributed by atoms with Crippen LogP contribution in [0.1, 0.15) is 23.8 Å². The van der Waals surface area contributed by atoms with E-state index in [0.29, 0.717) is 16.7 Å². The van der Waals surface area contributed by atoms with Gasteiger partial charge in [0.05, 0.1) is 5.69 Å².